The summed E-state index contributed by atoms with van der Waals surface area (Å²) in [5.41, 5.74) is 0.755. The number of aliphatic hydroxyl groups excluding tert-OH is 1. The molecule has 0 bridgehead atoms. The molecule has 0 saturated heterocycles. The maximum Gasteiger partial charge on any atom is 0.255 e. The molecule has 0 saturated carbocycles. The van der Waals surface area contributed by atoms with Crippen LogP contribution < -0.4 is 4.74 Å². The van der Waals surface area contributed by atoms with Gasteiger partial charge in [-0.05, 0) is 26.0 Å². The molecule has 0 spiro atoms. The first-order valence-corrected chi connectivity index (χ1v) is 5.46. The van der Waals surface area contributed by atoms with Crippen LogP contribution >= 0.6 is 0 Å². The van der Waals surface area contributed by atoms with Crippen LogP contribution in [0.4, 0.5) is 0 Å². The number of ether oxygens (including phenoxy) is 1. The lowest BCUT2D eigenvalue weighted by Gasteiger charge is -2.06. The van der Waals surface area contributed by atoms with Crippen molar-refractivity contribution in [3.05, 3.63) is 30.2 Å². The van der Waals surface area contributed by atoms with Gasteiger partial charge in [0.05, 0.1) is 12.2 Å². The highest BCUT2D eigenvalue weighted by Crippen LogP contribution is 2.28. The van der Waals surface area contributed by atoms with Crippen LogP contribution in [0.3, 0.4) is 0 Å². The average Bonchev–Trinajstić information content (AvgIpc) is 2.79. The number of benzene rings is 1. The number of rotatable bonds is 4. The van der Waals surface area contributed by atoms with Crippen LogP contribution in [0.1, 0.15) is 25.8 Å². The third kappa shape index (κ3) is 2.45. The van der Waals surface area contributed by atoms with E-state index in [0.29, 0.717) is 18.2 Å². The molecule has 5 heteroatoms. The summed E-state index contributed by atoms with van der Waals surface area (Å²) in [6.07, 6.45) is -0.768. The molecular formula is C12H14N2O3. The fourth-order valence-electron chi connectivity index (χ4n) is 1.45. The topological polar surface area (TPSA) is 68.4 Å². The van der Waals surface area contributed by atoms with Crippen molar-refractivity contribution >= 4 is 0 Å². The molecule has 1 heterocycles. The van der Waals surface area contributed by atoms with Gasteiger partial charge in [-0.1, -0.05) is 17.3 Å². The molecule has 0 aliphatic heterocycles. The van der Waals surface area contributed by atoms with Crippen LogP contribution in [0.15, 0.2) is 28.8 Å². The van der Waals surface area contributed by atoms with Gasteiger partial charge in [-0.25, -0.2) is 0 Å². The van der Waals surface area contributed by atoms with Gasteiger partial charge in [0.25, 0.3) is 5.89 Å². The second-order valence-corrected chi connectivity index (χ2v) is 3.56. The molecule has 17 heavy (non-hydrogen) atoms. The van der Waals surface area contributed by atoms with E-state index in [2.05, 4.69) is 10.1 Å². The number of hydrogen-bond donors (Lipinski definition) is 1. The Bertz CT molecular complexity index is 494. The summed E-state index contributed by atoms with van der Waals surface area (Å²) in [5, 5.41) is 13.2. The van der Waals surface area contributed by atoms with Gasteiger partial charge < -0.3 is 14.4 Å². The molecule has 2 rings (SSSR count). The Balaban J connectivity index is 2.38. The van der Waals surface area contributed by atoms with E-state index in [1.54, 1.807) is 6.92 Å². The molecule has 0 fully saturated rings. The first kappa shape index (κ1) is 11.6. The van der Waals surface area contributed by atoms with Gasteiger partial charge in [0.2, 0.25) is 5.82 Å². The fourth-order valence-corrected chi connectivity index (χ4v) is 1.45. The highest BCUT2D eigenvalue weighted by molar-refractivity contribution is 5.63. The number of hydrogen-bond acceptors (Lipinski definition) is 5. The van der Waals surface area contributed by atoms with E-state index in [-0.39, 0.29) is 5.89 Å². The van der Waals surface area contributed by atoms with Crippen LogP contribution in [0.2, 0.25) is 0 Å². The first-order valence-electron chi connectivity index (χ1n) is 5.46. The van der Waals surface area contributed by atoms with Crippen LogP contribution in [0, 0.1) is 0 Å². The molecule has 0 amide bonds. The summed E-state index contributed by atoms with van der Waals surface area (Å²) < 4.78 is 10.4. The predicted molar refractivity (Wildman–Crippen MR) is 61.5 cm³/mol. The maximum absolute atomic E-state index is 9.33. The molecule has 2 aromatic rings. The van der Waals surface area contributed by atoms with E-state index in [1.165, 1.54) is 0 Å². The Morgan fingerprint density at radius 1 is 1.41 bits per heavy atom. The Morgan fingerprint density at radius 3 is 2.82 bits per heavy atom. The quantitative estimate of drug-likeness (QED) is 0.878. The van der Waals surface area contributed by atoms with E-state index in [9.17, 15) is 5.11 Å². The minimum Gasteiger partial charge on any atom is -0.493 e. The van der Waals surface area contributed by atoms with E-state index >= 15 is 0 Å². The van der Waals surface area contributed by atoms with Crippen molar-refractivity contribution in [1.82, 2.24) is 10.1 Å². The number of para-hydroxylation sites is 1. The molecule has 1 unspecified atom stereocenters. The molecule has 90 valence electrons. The van der Waals surface area contributed by atoms with Gasteiger partial charge in [0.1, 0.15) is 11.9 Å². The second-order valence-electron chi connectivity index (χ2n) is 3.56. The Kier molecular flexibility index (Phi) is 3.39. The SMILES string of the molecule is CCOc1ccccc1-c1noc(C(C)O)n1. The first-order chi connectivity index (χ1) is 8.22. The molecular weight excluding hydrogens is 220 g/mol. The number of aromatic nitrogens is 2. The number of aliphatic hydroxyl groups is 1. The molecule has 1 N–H and O–H groups in total. The molecule has 5 nitrogen and oxygen atoms in total. The van der Waals surface area contributed by atoms with Crippen LogP contribution in [0.25, 0.3) is 11.4 Å². The van der Waals surface area contributed by atoms with Crippen molar-refractivity contribution in [2.75, 3.05) is 6.61 Å². The minimum atomic E-state index is -0.768. The van der Waals surface area contributed by atoms with Crippen LogP contribution in [0.5, 0.6) is 5.75 Å². The molecule has 1 aromatic heterocycles. The lowest BCUT2D eigenvalue weighted by molar-refractivity contribution is 0.152. The second kappa shape index (κ2) is 4.97. The Morgan fingerprint density at radius 2 is 2.18 bits per heavy atom. The number of nitrogens with zero attached hydrogens (tertiary/aromatic N) is 2. The minimum absolute atomic E-state index is 0.200. The Labute approximate surface area is 99.0 Å². The van der Waals surface area contributed by atoms with Crippen molar-refractivity contribution in [2.45, 2.75) is 20.0 Å². The van der Waals surface area contributed by atoms with Gasteiger partial charge in [-0.15, -0.1) is 0 Å². The van der Waals surface area contributed by atoms with E-state index in [0.717, 1.165) is 5.56 Å². The summed E-state index contributed by atoms with van der Waals surface area (Å²) in [4.78, 5) is 4.12. The normalized spacial score (nSPS) is 12.4. The molecule has 0 aliphatic rings. The van der Waals surface area contributed by atoms with Crippen molar-refractivity contribution in [3.63, 3.8) is 0 Å². The van der Waals surface area contributed by atoms with Crippen molar-refractivity contribution in [3.8, 4) is 17.1 Å². The van der Waals surface area contributed by atoms with Crippen molar-refractivity contribution in [2.24, 2.45) is 0 Å². The molecule has 0 aliphatic carbocycles. The summed E-state index contributed by atoms with van der Waals surface area (Å²) >= 11 is 0. The Hall–Kier alpha value is -1.88. The van der Waals surface area contributed by atoms with Gasteiger partial charge in [0.15, 0.2) is 0 Å². The molecule has 1 atom stereocenters. The lowest BCUT2D eigenvalue weighted by Crippen LogP contribution is -1.95. The van der Waals surface area contributed by atoms with E-state index in [4.69, 9.17) is 9.26 Å². The smallest absolute Gasteiger partial charge is 0.255 e. The van der Waals surface area contributed by atoms with Crippen LogP contribution in [-0.4, -0.2) is 21.9 Å². The average molecular weight is 234 g/mol. The highest BCUT2D eigenvalue weighted by Gasteiger charge is 2.15. The summed E-state index contributed by atoms with van der Waals surface area (Å²) in [7, 11) is 0. The van der Waals surface area contributed by atoms with Gasteiger partial charge in [-0.2, -0.15) is 4.98 Å². The maximum atomic E-state index is 9.33. The van der Waals surface area contributed by atoms with E-state index < -0.39 is 6.10 Å². The summed E-state index contributed by atoms with van der Waals surface area (Å²) in [6, 6.07) is 7.44. The third-order valence-corrected chi connectivity index (χ3v) is 2.23. The zero-order valence-electron chi connectivity index (χ0n) is 9.75. The predicted octanol–water partition coefficient (Wildman–Crippen LogP) is 2.19. The van der Waals surface area contributed by atoms with E-state index in [1.807, 2.05) is 31.2 Å². The largest absolute Gasteiger partial charge is 0.493 e. The van der Waals surface area contributed by atoms with Gasteiger partial charge >= 0.3 is 0 Å². The molecule has 1 aromatic carbocycles. The summed E-state index contributed by atoms with van der Waals surface area (Å²) in [6.45, 7) is 4.05. The van der Waals surface area contributed by atoms with Gasteiger partial charge in [0, 0.05) is 0 Å². The zero-order valence-corrected chi connectivity index (χ0v) is 9.75. The van der Waals surface area contributed by atoms with Crippen molar-refractivity contribution < 1.29 is 14.4 Å². The van der Waals surface area contributed by atoms with Crippen molar-refractivity contribution in [1.29, 1.82) is 0 Å². The fraction of sp³-hybridized carbons (Fsp3) is 0.333. The highest BCUT2D eigenvalue weighted by atomic mass is 16.5. The lowest BCUT2D eigenvalue weighted by atomic mass is 10.2. The van der Waals surface area contributed by atoms with Gasteiger partial charge in [-0.3, -0.25) is 0 Å². The van der Waals surface area contributed by atoms with Crippen LogP contribution in [-0.2, 0) is 0 Å². The molecule has 0 radical (unpaired) electrons. The zero-order chi connectivity index (χ0) is 12.3. The monoisotopic (exact) mass is 234 g/mol. The summed E-state index contributed by atoms with van der Waals surface area (Å²) in [5.74, 6) is 1.32. The third-order valence-electron chi connectivity index (χ3n) is 2.23. The standard InChI is InChI=1S/C12H14N2O3/c1-3-16-10-7-5-4-6-9(10)11-13-12(8(2)15)17-14-11/h4-8,15H,3H2,1-2H3.